The number of pyridine rings is 1. The molecule has 0 radical (unpaired) electrons. The lowest BCUT2D eigenvalue weighted by molar-refractivity contribution is 0.332. The number of rotatable bonds is 3. The largest absolute Gasteiger partial charge is 0.492 e. The second kappa shape index (κ2) is 4.47. The lowest BCUT2D eigenvalue weighted by atomic mass is 10.2. The Kier molecular flexibility index (Phi) is 3.04. The van der Waals surface area contributed by atoms with Crippen molar-refractivity contribution in [3.05, 3.63) is 35.5 Å². The number of benzene rings is 1. The van der Waals surface area contributed by atoms with Crippen LogP contribution < -0.4 is 10.5 Å². The second-order valence-corrected chi connectivity index (χ2v) is 3.54. The standard InChI is InChI=1S/C11H11ClN2O/c12-8-1-2-9-10(7-8)14-5-3-11(9)15-6-4-13/h1-3,5,7H,4,6,13H2. The van der Waals surface area contributed by atoms with Gasteiger partial charge >= 0.3 is 0 Å². The third kappa shape index (κ3) is 2.19. The average molecular weight is 223 g/mol. The molecule has 1 aromatic heterocycles. The highest BCUT2D eigenvalue weighted by Gasteiger charge is 2.02. The molecule has 1 heterocycles. The fourth-order valence-corrected chi connectivity index (χ4v) is 1.56. The van der Waals surface area contributed by atoms with Crippen LogP contribution in [0.25, 0.3) is 10.9 Å². The van der Waals surface area contributed by atoms with Crippen molar-refractivity contribution in [1.29, 1.82) is 0 Å². The molecule has 0 saturated heterocycles. The van der Waals surface area contributed by atoms with Gasteiger partial charge in [-0.15, -0.1) is 0 Å². The number of aromatic nitrogens is 1. The van der Waals surface area contributed by atoms with E-state index in [0.29, 0.717) is 18.2 Å². The fraction of sp³-hybridized carbons (Fsp3) is 0.182. The first-order valence-electron chi connectivity index (χ1n) is 4.68. The van der Waals surface area contributed by atoms with Crippen LogP contribution in [0.1, 0.15) is 0 Å². The first kappa shape index (κ1) is 10.2. The van der Waals surface area contributed by atoms with Crippen molar-refractivity contribution in [2.75, 3.05) is 13.2 Å². The summed E-state index contributed by atoms with van der Waals surface area (Å²) < 4.78 is 5.50. The molecular weight excluding hydrogens is 212 g/mol. The Hall–Kier alpha value is -1.32. The van der Waals surface area contributed by atoms with E-state index in [1.807, 2.05) is 24.3 Å². The summed E-state index contributed by atoms with van der Waals surface area (Å²) in [4.78, 5) is 4.22. The maximum absolute atomic E-state index is 5.87. The Labute approximate surface area is 92.8 Å². The van der Waals surface area contributed by atoms with Gasteiger partial charge in [0.2, 0.25) is 0 Å². The third-order valence-corrected chi connectivity index (χ3v) is 2.28. The summed E-state index contributed by atoms with van der Waals surface area (Å²) in [5, 5.41) is 1.63. The van der Waals surface area contributed by atoms with Crippen molar-refractivity contribution in [1.82, 2.24) is 4.98 Å². The van der Waals surface area contributed by atoms with Gasteiger partial charge in [0.25, 0.3) is 0 Å². The van der Waals surface area contributed by atoms with Crippen LogP contribution in [0.2, 0.25) is 5.02 Å². The lowest BCUT2D eigenvalue weighted by Gasteiger charge is -2.07. The van der Waals surface area contributed by atoms with E-state index in [4.69, 9.17) is 22.1 Å². The third-order valence-electron chi connectivity index (χ3n) is 2.04. The summed E-state index contributed by atoms with van der Waals surface area (Å²) in [6.45, 7) is 0.999. The molecule has 1 aromatic carbocycles. The maximum atomic E-state index is 5.87. The molecule has 0 saturated carbocycles. The number of halogens is 1. The molecule has 0 atom stereocenters. The molecule has 78 valence electrons. The monoisotopic (exact) mass is 222 g/mol. The molecule has 2 aromatic rings. The van der Waals surface area contributed by atoms with E-state index in [-0.39, 0.29) is 0 Å². The Morgan fingerprint density at radius 1 is 1.33 bits per heavy atom. The molecule has 0 aliphatic carbocycles. The van der Waals surface area contributed by atoms with Gasteiger partial charge in [-0.2, -0.15) is 0 Å². The summed E-state index contributed by atoms with van der Waals surface area (Å²) in [6.07, 6.45) is 1.70. The molecule has 0 spiro atoms. The van der Waals surface area contributed by atoms with Crippen LogP contribution in [0.4, 0.5) is 0 Å². The van der Waals surface area contributed by atoms with Crippen LogP contribution in [-0.2, 0) is 0 Å². The van der Waals surface area contributed by atoms with Crippen LogP contribution >= 0.6 is 11.6 Å². The molecule has 15 heavy (non-hydrogen) atoms. The Bertz CT molecular complexity index is 473. The molecular formula is C11H11ClN2O. The van der Waals surface area contributed by atoms with Crippen molar-refractivity contribution < 1.29 is 4.74 Å². The summed E-state index contributed by atoms with van der Waals surface area (Å²) in [5.41, 5.74) is 6.21. The Morgan fingerprint density at radius 3 is 3.00 bits per heavy atom. The predicted octanol–water partition coefficient (Wildman–Crippen LogP) is 2.23. The van der Waals surface area contributed by atoms with Crippen molar-refractivity contribution in [3.8, 4) is 5.75 Å². The van der Waals surface area contributed by atoms with Crippen LogP contribution in [0.5, 0.6) is 5.75 Å². The topological polar surface area (TPSA) is 48.1 Å². The summed E-state index contributed by atoms with van der Waals surface area (Å²) in [7, 11) is 0. The molecule has 0 aliphatic rings. The highest BCUT2D eigenvalue weighted by molar-refractivity contribution is 6.31. The zero-order chi connectivity index (χ0) is 10.7. The van der Waals surface area contributed by atoms with Gasteiger partial charge in [-0.3, -0.25) is 4.98 Å². The quantitative estimate of drug-likeness (QED) is 0.867. The molecule has 2 N–H and O–H groups in total. The molecule has 3 nitrogen and oxygen atoms in total. The number of ether oxygens (including phenoxy) is 1. The average Bonchev–Trinajstić information content (AvgIpc) is 2.25. The van der Waals surface area contributed by atoms with E-state index in [1.165, 1.54) is 0 Å². The van der Waals surface area contributed by atoms with Gasteiger partial charge in [-0.1, -0.05) is 11.6 Å². The molecule has 0 bridgehead atoms. The van der Waals surface area contributed by atoms with Gasteiger partial charge in [-0.25, -0.2) is 0 Å². The minimum absolute atomic E-state index is 0.497. The van der Waals surface area contributed by atoms with Gasteiger partial charge in [0.15, 0.2) is 0 Å². The van der Waals surface area contributed by atoms with Crippen LogP contribution in [0.15, 0.2) is 30.5 Å². The predicted molar refractivity (Wildman–Crippen MR) is 61.3 cm³/mol. The molecule has 0 fully saturated rings. The van der Waals surface area contributed by atoms with Gasteiger partial charge in [-0.05, 0) is 24.3 Å². The van der Waals surface area contributed by atoms with E-state index in [1.54, 1.807) is 6.20 Å². The van der Waals surface area contributed by atoms with Crippen molar-refractivity contribution >= 4 is 22.5 Å². The minimum Gasteiger partial charge on any atom is -0.492 e. The van der Waals surface area contributed by atoms with Crippen LogP contribution in [-0.4, -0.2) is 18.1 Å². The lowest BCUT2D eigenvalue weighted by Crippen LogP contribution is -2.10. The molecule has 2 rings (SSSR count). The molecule has 0 amide bonds. The number of fused-ring (bicyclic) bond motifs is 1. The zero-order valence-corrected chi connectivity index (χ0v) is 8.87. The van der Waals surface area contributed by atoms with Crippen molar-refractivity contribution in [2.45, 2.75) is 0 Å². The van der Waals surface area contributed by atoms with Crippen molar-refractivity contribution in [2.24, 2.45) is 5.73 Å². The fourth-order valence-electron chi connectivity index (χ4n) is 1.39. The minimum atomic E-state index is 0.497. The van der Waals surface area contributed by atoms with Crippen LogP contribution in [0, 0.1) is 0 Å². The summed E-state index contributed by atoms with van der Waals surface area (Å²) in [5.74, 6) is 0.794. The molecule has 0 aliphatic heterocycles. The number of nitrogens with zero attached hydrogens (tertiary/aromatic N) is 1. The number of hydrogen-bond acceptors (Lipinski definition) is 3. The normalized spacial score (nSPS) is 10.5. The maximum Gasteiger partial charge on any atom is 0.130 e. The van der Waals surface area contributed by atoms with E-state index in [0.717, 1.165) is 16.7 Å². The SMILES string of the molecule is NCCOc1ccnc2cc(Cl)ccc12. The van der Waals surface area contributed by atoms with Gasteiger partial charge in [0, 0.05) is 23.2 Å². The van der Waals surface area contributed by atoms with E-state index in [2.05, 4.69) is 4.98 Å². The van der Waals surface area contributed by atoms with E-state index in [9.17, 15) is 0 Å². The van der Waals surface area contributed by atoms with E-state index < -0.39 is 0 Å². The smallest absolute Gasteiger partial charge is 0.130 e. The second-order valence-electron chi connectivity index (χ2n) is 3.11. The van der Waals surface area contributed by atoms with Crippen molar-refractivity contribution in [3.63, 3.8) is 0 Å². The highest BCUT2D eigenvalue weighted by atomic mass is 35.5. The van der Waals surface area contributed by atoms with Gasteiger partial charge in [0.05, 0.1) is 5.52 Å². The highest BCUT2D eigenvalue weighted by Crippen LogP contribution is 2.25. The molecule has 0 unspecified atom stereocenters. The first-order valence-corrected chi connectivity index (χ1v) is 5.06. The summed E-state index contributed by atoms with van der Waals surface area (Å²) in [6, 6.07) is 7.36. The zero-order valence-electron chi connectivity index (χ0n) is 8.11. The Morgan fingerprint density at radius 2 is 2.20 bits per heavy atom. The molecule has 4 heteroatoms. The summed E-state index contributed by atoms with van der Waals surface area (Å²) >= 11 is 5.87. The van der Waals surface area contributed by atoms with E-state index >= 15 is 0 Å². The van der Waals surface area contributed by atoms with Crippen LogP contribution in [0.3, 0.4) is 0 Å². The van der Waals surface area contributed by atoms with Gasteiger partial charge in [0.1, 0.15) is 12.4 Å². The number of hydrogen-bond donors (Lipinski definition) is 1. The Balaban J connectivity index is 2.46. The van der Waals surface area contributed by atoms with Gasteiger partial charge < -0.3 is 10.5 Å². The number of nitrogens with two attached hydrogens (primary N) is 1. The first-order chi connectivity index (χ1) is 7.31.